The van der Waals surface area contributed by atoms with Crippen molar-refractivity contribution < 1.29 is 33.3 Å². The molecule has 0 aromatic heterocycles. The largest absolute Gasteiger partial charge is 0.497 e. The van der Waals surface area contributed by atoms with E-state index in [-0.39, 0.29) is 19.1 Å². The van der Waals surface area contributed by atoms with Crippen LogP contribution in [0, 0.1) is 5.92 Å². The molecule has 0 aliphatic heterocycles. The topological polar surface area (TPSA) is 94.6 Å². The summed E-state index contributed by atoms with van der Waals surface area (Å²) in [5.74, 6) is -0.455. The minimum Gasteiger partial charge on any atom is -0.497 e. The normalized spacial score (nSPS) is 12.3. The Morgan fingerprint density at radius 1 is 0.730 bits per heavy atom. The highest BCUT2D eigenvalue weighted by Gasteiger charge is 2.46. The highest BCUT2D eigenvalue weighted by Crippen LogP contribution is 2.30. The standard InChI is InChI=1S/C28H38N2O7/c1-8-36-27(32)25(29(18-19(3)4)21-10-14-23(34-6)15-11-21)26(28(33)37-9-2)30(20(5)31)22-12-16-24(35-7)17-13-22/h10-17,19,25-26H,8-9,18H2,1-7H3. The zero-order chi connectivity index (χ0) is 27.5. The SMILES string of the molecule is CCOC(=O)C(C(C(=O)OCC)N(C(C)=O)c1ccc(OC)cc1)N(CC(C)C)c1ccc(OC)cc1. The number of methoxy groups -OCH3 is 2. The second-order valence-corrected chi connectivity index (χ2v) is 8.73. The van der Waals surface area contributed by atoms with Crippen molar-refractivity contribution in [2.24, 2.45) is 5.92 Å². The van der Waals surface area contributed by atoms with Crippen LogP contribution in [0.1, 0.15) is 34.6 Å². The number of amides is 1. The van der Waals surface area contributed by atoms with Crippen LogP contribution in [0.2, 0.25) is 0 Å². The van der Waals surface area contributed by atoms with Gasteiger partial charge in [0, 0.05) is 24.8 Å². The minimum atomic E-state index is -1.33. The zero-order valence-electron chi connectivity index (χ0n) is 22.7. The molecule has 0 fully saturated rings. The highest BCUT2D eigenvalue weighted by atomic mass is 16.5. The van der Waals surface area contributed by atoms with Gasteiger partial charge in [-0.1, -0.05) is 13.8 Å². The van der Waals surface area contributed by atoms with E-state index in [4.69, 9.17) is 18.9 Å². The third kappa shape index (κ3) is 7.62. The van der Waals surface area contributed by atoms with Crippen LogP contribution < -0.4 is 19.3 Å². The lowest BCUT2D eigenvalue weighted by molar-refractivity contribution is -0.153. The number of esters is 2. The van der Waals surface area contributed by atoms with Crippen LogP contribution in [-0.2, 0) is 23.9 Å². The number of nitrogens with zero attached hydrogens (tertiary/aromatic N) is 2. The first kappa shape index (κ1) is 29.5. The molecular formula is C28H38N2O7. The van der Waals surface area contributed by atoms with Crippen LogP contribution in [-0.4, -0.2) is 63.9 Å². The van der Waals surface area contributed by atoms with Crippen molar-refractivity contribution in [3.63, 3.8) is 0 Å². The van der Waals surface area contributed by atoms with E-state index in [2.05, 4.69) is 0 Å². The van der Waals surface area contributed by atoms with Crippen molar-refractivity contribution in [2.45, 2.75) is 46.7 Å². The van der Waals surface area contributed by atoms with Gasteiger partial charge in [0.05, 0.1) is 27.4 Å². The van der Waals surface area contributed by atoms with Crippen LogP contribution in [0.15, 0.2) is 48.5 Å². The van der Waals surface area contributed by atoms with Gasteiger partial charge < -0.3 is 23.8 Å². The molecule has 2 rings (SSSR count). The Balaban J connectivity index is 2.78. The fraction of sp³-hybridized carbons (Fsp3) is 0.464. The quantitative estimate of drug-likeness (QED) is 0.369. The number of hydrogen-bond donors (Lipinski definition) is 0. The van der Waals surface area contributed by atoms with Crippen molar-refractivity contribution in [1.29, 1.82) is 0 Å². The van der Waals surface area contributed by atoms with Gasteiger partial charge in [-0.3, -0.25) is 9.69 Å². The van der Waals surface area contributed by atoms with Crippen molar-refractivity contribution in [2.75, 3.05) is 43.8 Å². The van der Waals surface area contributed by atoms with Gasteiger partial charge in [-0.05, 0) is 68.3 Å². The monoisotopic (exact) mass is 514 g/mol. The van der Waals surface area contributed by atoms with Gasteiger partial charge in [-0.25, -0.2) is 9.59 Å². The third-order valence-corrected chi connectivity index (χ3v) is 5.62. The second kappa shape index (κ2) is 14.1. The summed E-state index contributed by atoms with van der Waals surface area (Å²) in [7, 11) is 3.10. The van der Waals surface area contributed by atoms with E-state index in [0.29, 0.717) is 29.4 Å². The summed E-state index contributed by atoms with van der Waals surface area (Å²) in [5, 5.41) is 0. The molecule has 0 saturated carbocycles. The summed E-state index contributed by atoms with van der Waals surface area (Å²) >= 11 is 0. The fourth-order valence-corrected chi connectivity index (χ4v) is 4.09. The van der Waals surface area contributed by atoms with E-state index in [1.807, 2.05) is 13.8 Å². The molecule has 202 valence electrons. The molecule has 0 radical (unpaired) electrons. The Bertz CT molecular complexity index is 1020. The van der Waals surface area contributed by atoms with E-state index >= 15 is 0 Å². The summed E-state index contributed by atoms with van der Waals surface area (Å²) in [6, 6.07) is 11.3. The molecule has 0 spiro atoms. The van der Waals surface area contributed by atoms with Gasteiger partial charge in [0.25, 0.3) is 0 Å². The Labute approximate surface area is 219 Å². The van der Waals surface area contributed by atoms with Crippen LogP contribution in [0.25, 0.3) is 0 Å². The number of ether oxygens (including phenoxy) is 4. The molecule has 0 N–H and O–H groups in total. The Morgan fingerprint density at radius 3 is 1.54 bits per heavy atom. The van der Waals surface area contributed by atoms with E-state index in [0.717, 1.165) is 0 Å². The summed E-state index contributed by atoms with van der Waals surface area (Å²) in [4.78, 5) is 43.4. The lowest BCUT2D eigenvalue weighted by Crippen LogP contribution is -2.62. The number of rotatable bonds is 13. The molecule has 2 atom stereocenters. The zero-order valence-corrected chi connectivity index (χ0v) is 22.7. The van der Waals surface area contributed by atoms with Crippen LogP contribution in [0.5, 0.6) is 11.5 Å². The molecule has 9 nitrogen and oxygen atoms in total. The lowest BCUT2D eigenvalue weighted by Gasteiger charge is -2.41. The van der Waals surface area contributed by atoms with Crippen LogP contribution >= 0.6 is 0 Å². The summed E-state index contributed by atoms with van der Waals surface area (Å²) in [6.45, 7) is 9.31. The predicted molar refractivity (Wildman–Crippen MR) is 142 cm³/mol. The minimum absolute atomic E-state index is 0.0753. The number of carbonyl (C=O) groups is 3. The maximum Gasteiger partial charge on any atom is 0.332 e. The molecule has 2 aromatic rings. The molecule has 0 bridgehead atoms. The molecule has 2 aromatic carbocycles. The molecule has 37 heavy (non-hydrogen) atoms. The molecule has 0 saturated heterocycles. The third-order valence-electron chi connectivity index (χ3n) is 5.62. The second-order valence-electron chi connectivity index (χ2n) is 8.73. The van der Waals surface area contributed by atoms with Crippen molar-refractivity contribution in [1.82, 2.24) is 0 Å². The van der Waals surface area contributed by atoms with Crippen molar-refractivity contribution in [3.8, 4) is 11.5 Å². The molecule has 0 aliphatic carbocycles. The number of anilines is 2. The average molecular weight is 515 g/mol. The molecule has 0 aliphatic rings. The summed E-state index contributed by atoms with van der Waals surface area (Å²) < 4.78 is 21.4. The smallest absolute Gasteiger partial charge is 0.332 e. The number of benzene rings is 2. The van der Waals surface area contributed by atoms with E-state index in [9.17, 15) is 14.4 Å². The highest BCUT2D eigenvalue weighted by molar-refractivity contribution is 6.02. The molecular weight excluding hydrogens is 476 g/mol. The maximum absolute atomic E-state index is 13.6. The first-order valence-corrected chi connectivity index (χ1v) is 12.4. The predicted octanol–water partition coefficient (Wildman–Crippen LogP) is 4.08. The number of hydrogen-bond acceptors (Lipinski definition) is 8. The van der Waals surface area contributed by atoms with Crippen molar-refractivity contribution >= 4 is 29.2 Å². The summed E-state index contributed by atoms with van der Waals surface area (Å²) in [6.07, 6.45) is 0. The number of carbonyl (C=O) groups excluding carboxylic acids is 3. The van der Waals surface area contributed by atoms with Gasteiger partial charge in [0.2, 0.25) is 5.91 Å². The van der Waals surface area contributed by atoms with Gasteiger partial charge in [-0.2, -0.15) is 0 Å². The van der Waals surface area contributed by atoms with Crippen LogP contribution in [0.3, 0.4) is 0 Å². The molecule has 9 heteroatoms. The van der Waals surface area contributed by atoms with E-state index < -0.39 is 29.9 Å². The first-order chi connectivity index (χ1) is 17.7. The van der Waals surface area contributed by atoms with Crippen LogP contribution in [0.4, 0.5) is 11.4 Å². The Kier molecular flexibility index (Phi) is 11.2. The van der Waals surface area contributed by atoms with Gasteiger partial charge in [0.15, 0.2) is 12.1 Å². The molecule has 1 amide bonds. The summed E-state index contributed by atoms with van der Waals surface area (Å²) in [5.41, 5.74) is 1.08. The van der Waals surface area contributed by atoms with Gasteiger partial charge in [-0.15, -0.1) is 0 Å². The Hall–Kier alpha value is -3.75. The maximum atomic E-state index is 13.6. The molecule has 2 unspecified atom stereocenters. The Morgan fingerprint density at radius 2 is 1.16 bits per heavy atom. The average Bonchev–Trinajstić information content (AvgIpc) is 2.88. The molecule has 0 heterocycles. The lowest BCUT2D eigenvalue weighted by atomic mass is 10.00. The fourth-order valence-electron chi connectivity index (χ4n) is 4.09. The van der Waals surface area contributed by atoms with Gasteiger partial charge >= 0.3 is 11.9 Å². The first-order valence-electron chi connectivity index (χ1n) is 12.4. The van der Waals surface area contributed by atoms with E-state index in [1.54, 1.807) is 74.4 Å². The van der Waals surface area contributed by atoms with E-state index in [1.165, 1.54) is 18.9 Å². The van der Waals surface area contributed by atoms with Gasteiger partial charge in [0.1, 0.15) is 11.5 Å². The van der Waals surface area contributed by atoms with Crippen molar-refractivity contribution in [3.05, 3.63) is 48.5 Å².